The molecular formula is C17H21N. The second kappa shape index (κ2) is 4.93. The van der Waals surface area contributed by atoms with Crippen LogP contribution in [0.3, 0.4) is 0 Å². The molecule has 1 heterocycles. The molecule has 0 aliphatic heterocycles. The molecule has 0 aliphatic rings. The van der Waals surface area contributed by atoms with Crippen molar-refractivity contribution in [3.63, 3.8) is 0 Å². The monoisotopic (exact) mass is 239 g/mol. The fourth-order valence-corrected chi connectivity index (χ4v) is 2.16. The molecule has 0 amide bonds. The van der Waals surface area contributed by atoms with Crippen molar-refractivity contribution in [3.8, 4) is 11.3 Å². The third-order valence-corrected chi connectivity index (χ3v) is 2.98. The first-order chi connectivity index (χ1) is 8.46. The molecule has 0 radical (unpaired) electrons. The van der Waals surface area contributed by atoms with Crippen LogP contribution < -0.4 is 0 Å². The smallest absolute Gasteiger partial charge is 0.0704 e. The van der Waals surface area contributed by atoms with E-state index in [1.807, 2.05) is 6.20 Å². The summed E-state index contributed by atoms with van der Waals surface area (Å²) in [4.78, 5) is 4.59. The second-order valence-corrected chi connectivity index (χ2v) is 6.10. The Hall–Kier alpha value is -1.63. The van der Waals surface area contributed by atoms with Crippen LogP contribution in [0.1, 0.15) is 31.9 Å². The Morgan fingerprint density at radius 1 is 1.00 bits per heavy atom. The van der Waals surface area contributed by atoms with E-state index in [-0.39, 0.29) is 0 Å². The van der Waals surface area contributed by atoms with Gasteiger partial charge in [-0.2, -0.15) is 0 Å². The number of aromatic nitrogens is 1. The Morgan fingerprint density at radius 3 is 2.28 bits per heavy atom. The van der Waals surface area contributed by atoms with Crippen molar-refractivity contribution in [3.05, 3.63) is 53.7 Å². The van der Waals surface area contributed by atoms with Crippen molar-refractivity contribution in [2.45, 2.75) is 34.1 Å². The number of hydrogen-bond donors (Lipinski definition) is 0. The Bertz CT molecular complexity index is 518. The second-order valence-electron chi connectivity index (χ2n) is 6.10. The number of nitrogens with zero attached hydrogens (tertiary/aromatic N) is 1. The van der Waals surface area contributed by atoms with Gasteiger partial charge in [0, 0.05) is 11.8 Å². The lowest BCUT2D eigenvalue weighted by Crippen LogP contribution is -2.09. The molecule has 0 N–H and O–H groups in total. The summed E-state index contributed by atoms with van der Waals surface area (Å²) >= 11 is 0. The van der Waals surface area contributed by atoms with E-state index in [2.05, 4.69) is 69.1 Å². The van der Waals surface area contributed by atoms with Crippen LogP contribution in [0.4, 0.5) is 0 Å². The van der Waals surface area contributed by atoms with E-state index >= 15 is 0 Å². The van der Waals surface area contributed by atoms with Gasteiger partial charge in [-0.05, 0) is 36.0 Å². The van der Waals surface area contributed by atoms with Crippen molar-refractivity contribution in [1.29, 1.82) is 0 Å². The Balaban J connectivity index is 2.26. The molecule has 2 rings (SSSR count). The number of hydrogen-bond acceptors (Lipinski definition) is 1. The third-order valence-electron chi connectivity index (χ3n) is 2.98. The van der Waals surface area contributed by atoms with Gasteiger partial charge in [0.15, 0.2) is 0 Å². The molecule has 0 atom stereocenters. The minimum Gasteiger partial charge on any atom is -0.256 e. The van der Waals surface area contributed by atoms with Gasteiger partial charge < -0.3 is 0 Å². The normalized spacial score (nSPS) is 11.6. The van der Waals surface area contributed by atoms with Crippen molar-refractivity contribution in [2.24, 2.45) is 5.41 Å². The van der Waals surface area contributed by atoms with E-state index in [0.29, 0.717) is 5.41 Å². The zero-order valence-electron chi connectivity index (χ0n) is 11.7. The van der Waals surface area contributed by atoms with Gasteiger partial charge in [0.25, 0.3) is 0 Å². The highest BCUT2D eigenvalue weighted by Crippen LogP contribution is 2.24. The molecule has 0 saturated carbocycles. The first-order valence-electron chi connectivity index (χ1n) is 6.47. The number of rotatable bonds is 2. The van der Waals surface area contributed by atoms with Gasteiger partial charge in [0.05, 0.1) is 5.69 Å². The van der Waals surface area contributed by atoms with Gasteiger partial charge in [-0.3, -0.25) is 4.98 Å². The Kier molecular flexibility index (Phi) is 3.51. The van der Waals surface area contributed by atoms with E-state index in [0.717, 1.165) is 12.1 Å². The molecule has 1 aromatic carbocycles. The number of benzene rings is 1. The Morgan fingerprint density at radius 2 is 1.72 bits per heavy atom. The molecule has 1 aromatic heterocycles. The van der Waals surface area contributed by atoms with E-state index in [1.165, 1.54) is 16.7 Å². The lowest BCUT2D eigenvalue weighted by Gasteiger charge is -2.17. The van der Waals surface area contributed by atoms with E-state index < -0.39 is 0 Å². The minimum atomic E-state index is 0.311. The molecule has 0 bridgehead atoms. The van der Waals surface area contributed by atoms with Gasteiger partial charge in [-0.15, -0.1) is 0 Å². The van der Waals surface area contributed by atoms with Gasteiger partial charge in [-0.1, -0.05) is 51.1 Å². The number of pyridine rings is 1. The fraction of sp³-hybridized carbons (Fsp3) is 0.353. The highest BCUT2D eigenvalue weighted by molar-refractivity contribution is 5.63. The molecule has 0 aliphatic carbocycles. The molecule has 1 heteroatoms. The van der Waals surface area contributed by atoms with Gasteiger partial charge in [0.1, 0.15) is 0 Å². The zero-order valence-corrected chi connectivity index (χ0v) is 11.7. The van der Waals surface area contributed by atoms with Crippen LogP contribution in [0.15, 0.2) is 42.6 Å². The van der Waals surface area contributed by atoms with Crippen LogP contribution in [0.25, 0.3) is 11.3 Å². The van der Waals surface area contributed by atoms with Crippen molar-refractivity contribution >= 4 is 0 Å². The maximum absolute atomic E-state index is 4.59. The summed E-state index contributed by atoms with van der Waals surface area (Å²) in [5.41, 5.74) is 5.17. The van der Waals surface area contributed by atoms with Crippen LogP contribution in [0, 0.1) is 12.3 Å². The van der Waals surface area contributed by atoms with Crippen LogP contribution >= 0.6 is 0 Å². The molecule has 1 nitrogen and oxygen atoms in total. The van der Waals surface area contributed by atoms with Gasteiger partial charge in [0.2, 0.25) is 0 Å². The molecule has 0 spiro atoms. The van der Waals surface area contributed by atoms with Crippen molar-refractivity contribution in [1.82, 2.24) is 4.98 Å². The summed E-state index contributed by atoms with van der Waals surface area (Å²) in [5.74, 6) is 0. The summed E-state index contributed by atoms with van der Waals surface area (Å²) < 4.78 is 0. The predicted molar refractivity (Wildman–Crippen MR) is 77.6 cm³/mol. The average Bonchev–Trinajstić information content (AvgIpc) is 2.29. The van der Waals surface area contributed by atoms with Crippen LogP contribution in [0.2, 0.25) is 0 Å². The predicted octanol–water partition coefficient (Wildman–Crippen LogP) is 4.65. The highest BCUT2D eigenvalue weighted by Gasteiger charge is 2.11. The summed E-state index contributed by atoms with van der Waals surface area (Å²) in [7, 11) is 0. The molecule has 2 aromatic rings. The molecule has 0 unspecified atom stereocenters. The SMILES string of the molecule is Cc1ccccc1-c1ccc(CC(C)(C)C)cn1. The summed E-state index contributed by atoms with van der Waals surface area (Å²) in [5, 5.41) is 0. The van der Waals surface area contributed by atoms with E-state index in [9.17, 15) is 0 Å². The molecular weight excluding hydrogens is 218 g/mol. The first-order valence-corrected chi connectivity index (χ1v) is 6.47. The topological polar surface area (TPSA) is 12.9 Å². The quantitative estimate of drug-likeness (QED) is 0.743. The fourth-order valence-electron chi connectivity index (χ4n) is 2.16. The molecule has 94 valence electrons. The first kappa shape index (κ1) is 12.8. The maximum Gasteiger partial charge on any atom is 0.0704 e. The Labute approximate surface area is 110 Å². The molecule has 18 heavy (non-hydrogen) atoms. The molecule has 0 saturated heterocycles. The average molecular weight is 239 g/mol. The van der Waals surface area contributed by atoms with Crippen molar-refractivity contribution in [2.75, 3.05) is 0 Å². The van der Waals surface area contributed by atoms with Crippen LogP contribution in [-0.2, 0) is 6.42 Å². The maximum atomic E-state index is 4.59. The van der Waals surface area contributed by atoms with Gasteiger partial charge >= 0.3 is 0 Å². The molecule has 0 fully saturated rings. The van der Waals surface area contributed by atoms with E-state index in [4.69, 9.17) is 0 Å². The van der Waals surface area contributed by atoms with Crippen LogP contribution in [0.5, 0.6) is 0 Å². The summed E-state index contributed by atoms with van der Waals surface area (Å²) in [6.45, 7) is 8.88. The van der Waals surface area contributed by atoms with E-state index in [1.54, 1.807) is 0 Å². The van der Waals surface area contributed by atoms with Gasteiger partial charge in [-0.25, -0.2) is 0 Å². The lowest BCUT2D eigenvalue weighted by atomic mass is 9.88. The number of aryl methyl sites for hydroxylation is 1. The third kappa shape index (κ3) is 3.19. The highest BCUT2D eigenvalue weighted by atomic mass is 14.7. The zero-order chi connectivity index (χ0) is 13.2. The lowest BCUT2D eigenvalue weighted by molar-refractivity contribution is 0.411. The largest absolute Gasteiger partial charge is 0.256 e. The van der Waals surface area contributed by atoms with Crippen molar-refractivity contribution < 1.29 is 0 Å². The minimum absolute atomic E-state index is 0.311. The summed E-state index contributed by atoms with van der Waals surface area (Å²) in [6.07, 6.45) is 3.07. The van der Waals surface area contributed by atoms with Crippen LogP contribution in [-0.4, -0.2) is 4.98 Å². The standard InChI is InChI=1S/C17H21N/c1-13-7-5-6-8-15(13)16-10-9-14(12-18-16)11-17(2,3)4/h5-10,12H,11H2,1-4H3. The summed E-state index contributed by atoms with van der Waals surface area (Å²) in [6, 6.07) is 12.7.